The van der Waals surface area contributed by atoms with Gasteiger partial charge in [-0.2, -0.15) is 4.79 Å². The Morgan fingerprint density at radius 3 is 2.14 bits per heavy atom. The molecule has 1 aliphatic rings. The van der Waals surface area contributed by atoms with E-state index in [0.717, 1.165) is 9.58 Å². The molecule has 1 aliphatic heterocycles. The molecule has 4 amide bonds. The van der Waals surface area contributed by atoms with E-state index in [0.29, 0.717) is 22.5 Å². The Kier molecular flexibility index (Phi) is 4.58. The molecule has 3 aromatic carbocycles. The summed E-state index contributed by atoms with van der Waals surface area (Å²) in [6.07, 6.45) is 0. The summed E-state index contributed by atoms with van der Waals surface area (Å²) >= 11 is 0. The largest absolute Gasteiger partial charge is 0.532 e. The molecule has 0 spiro atoms. The Hall–Kier alpha value is -4.33. The summed E-state index contributed by atoms with van der Waals surface area (Å²) in [7, 11) is 0. The van der Waals surface area contributed by atoms with Gasteiger partial charge in [0.05, 0.1) is 4.92 Å². The van der Waals surface area contributed by atoms with Crippen LogP contribution in [0.25, 0.3) is 0 Å². The second-order valence-electron chi connectivity index (χ2n) is 6.23. The first-order chi connectivity index (χ1) is 14.1. The van der Waals surface area contributed by atoms with Crippen molar-refractivity contribution in [3.63, 3.8) is 0 Å². The normalized spacial score (nSPS) is 15.2. The molecule has 3 aromatic rings. The second kappa shape index (κ2) is 7.35. The minimum absolute atomic E-state index is 0.117. The summed E-state index contributed by atoms with van der Waals surface area (Å²) < 4.78 is 1.11. The number of hydrogen-bond acceptors (Lipinski definition) is 4. The summed E-state index contributed by atoms with van der Waals surface area (Å²) in [5, 5.41) is 11.2. The summed E-state index contributed by atoms with van der Waals surface area (Å²) in [5.74, 6) is 0. The number of carbonyl (C=O) groups is 2. The lowest BCUT2D eigenvalue weighted by molar-refractivity contribution is -0.462. The van der Waals surface area contributed by atoms with Gasteiger partial charge in [-0.1, -0.05) is 65.3 Å². The number of amides is 4. The van der Waals surface area contributed by atoms with Crippen molar-refractivity contribution in [2.75, 3.05) is 4.90 Å². The maximum Gasteiger partial charge on any atom is 0.532 e. The van der Waals surface area contributed by atoms with Gasteiger partial charge in [0, 0.05) is 23.3 Å². The topological polar surface area (TPSA) is 95.6 Å². The number of nitro groups is 1. The van der Waals surface area contributed by atoms with Crippen molar-refractivity contribution in [1.29, 1.82) is 0 Å². The number of carbonyl (C=O) groups excluding carboxylic acids is 2. The monoisotopic (exact) mass is 387 g/mol. The fourth-order valence-corrected chi connectivity index (χ4v) is 3.12. The summed E-state index contributed by atoms with van der Waals surface area (Å²) in [4.78, 5) is 37.4. The molecule has 0 atom stereocenters. The number of nitrogens with zero attached hydrogens (tertiary/aromatic N) is 3. The van der Waals surface area contributed by atoms with Gasteiger partial charge in [0.15, 0.2) is 5.71 Å². The zero-order valence-corrected chi connectivity index (χ0v) is 15.1. The first-order valence-corrected chi connectivity index (χ1v) is 8.73. The maximum absolute atomic E-state index is 13.1. The SMILES string of the molecule is O=C1N/[N+](=C(/c2ccccc2)c2cccc([N+](=O)[O-])c2)C(=O)N1c1ccccc1. The molecule has 4 rings (SSSR count). The number of urea groups is 2. The molecule has 0 aromatic heterocycles. The van der Waals surface area contributed by atoms with Crippen molar-refractivity contribution in [2.45, 2.75) is 0 Å². The number of para-hydroxylation sites is 1. The minimum Gasteiger partial charge on any atom is -0.258 e. The Morgan fingerprint density at radius 1 is 0.862 bits per heavy atom. The highest BCUT2D eigenvalue weighted by atomic mass is 16.6. The van der Waals surface area contributed by atoms with E-state index in [1.165, 1.54) is 18.2 Å². The average molecular weight is 387 g/mol. The molecule has 0 radical (unpaired) electrons. The van der Waals surface area contributed by atoms with Crippen LogP contribution in [-0.2, 0) is 0 Å². The fourth-order valence-electron chi connectivity index (χ4n) is 3.12. The molecule has 0 aliphatic carbocycles. The van der Waals surface area contributed by atoms with Crippen LogP contribution in [0.5, 0.6) is 0 Å². The van der Waals surface area contributed by atoms with E-state index in [2.05, 4.69) is 5.43 Å². The fraction of sp³-hybridized carbons (Fsp3) is 0. The van der Waals surface area contributed by atoms with Crippen LogP contribution < -0.4 is 10.3 Å². The third-order valence-electron chi connectivity index (χ3n) is 4.41. The Balaban J connectivity index is 1.91. The lowest BCUT2D eigenvalue weighted by atomic mass is 10.0. The van der Waals surface area contributed by atoms with Crippen LogP contribution >= 0.6 is 0 Å². The van der Waals surface area contributed by atoms with Crippen molar-refractivity contribution >= 4 is 29.1 Å². The molecule has 29 heavy (non-hydrogen) atoms. The summed E-state index contributed by atoms with van der Waals surface area (Å²) in [6, 6.07) is 22.1. The number of benzene rings is 3. The van der Waals surface area contributed by atoms with Crippen LogP contribution in [0, 0.1) is 10.1 Å². The smallest absolute Gasteiger partial charge is 0.258 e. The second-order valence-corrected chi connectivity index (χ2v) is 6.23. The number of nitrogens with one attached hydrogen (secondary N) is 1. The Labute approximate surface area is 165 Å². The third kappa shape index (κ3) is 3.34. The van der Waals surface area contributed by atoms with E-state index in [-0.39, 0.29) is 5.69 Å². The number of hydrazone groups is 1. The highest BCUT2D eigenvalue weighted by molar-refractivity contribution is 6.18. The number of nitro benzene ring substituents is 1. The quantitative estimate of drug-likeness (QED) is 0.419. The van der Waals surface area contributed by atoms with Gasteiger partial charge in [-0.05, 0) is 12.1 Å². The zero-order chi connectivity index (χ0) is 20.4. The van der Waals surface area contributed by atoms with Crippen molar-refractivity contribution < 1.29 is 19.2 Å². The first kappa shape index (κ1) is 18.1. The highest BCUT2D eigenvalue weighted by Gasteiger charge is 2.46. The predicted molar refractivity (Wildman–Crippen MR) is 106 cm³/mol. The standard InChI is InChI=1S/C21H14N4O4/c26-20-22-24(21(27)23(20)17-11-5-2-6-12-17)19(15-8-3-1-4-9-15)16-10-7-13-18(14-16)25(28)29/h1-14H/p+1/b24-19-. The van der Waals surface area contributed by atoms with Crippen molar-refractivity contribution in [3.8, 4) is 0 Å². The molecule has 1 heterocycles. The van der Waals surface area contributed by atoms with Gasteiger partial charge in [0.1, 0.15) is 5.69 Å². The molecule has 0 unspecified atom stereocenters. The van der Waals surface area contributed by atoms with Gasteiger partial charge in [-0.3, -0.25) is 10.1 Å². The molecule has 8 nitrogen and oxygen atoms in total. The maximum atomic E-state index is 13.1. The van der Waals surface area contributed by atoms with Crippen molar-refractivity contribution in [2.24, 2.45) is 0 Å². The minimum atomic E-state index is -0.611. The van der Waals surface area contributed by atoms with E-state index in [9.17, 15) is 19.7 Å². The van der Waals surface area contributed by atoms with Crippen LogP contribution in [0.2, 0.25) is 0 Å². The van der Waals surface area contributed by atoms with Crippen LogP contribution in [-0.4, -0.2) is 27.4 Å². The number of imide groups is 1. The third-order valence-corrected chi connectivity index (χ3v) is 4.41. The van der Waals surface area contributed by atoms with Crippen LogP contribution in [0.1, 0.15) is 11.1 Å². The Bertz CT molecular complexity index is 1140. The van der Waals surface area contributed by atoms with E-state index < -0.39 is 17.0 Å². The molecule has 0 saturated carbocycles. The number of rotatable bonds is 4. The average Bonchev–Trinajstić information content (AvgIpc) is 3.03. The zero-order valence-electron chi connectivity index (χ0n) is 15.1. The highest BCUT2D eigenvalue weighted by Crippen LogP contribution is 2.21. The molecule has 1 N–H and O–H groups in total. The molecular weight excluding hydrogens is 372 g/mol. The molecular formula is C21H15N4O4+. The summed E-state index contributed by atoms with van der Waals surface area (Å²) in [5.41, 5.74) is 4.25. The lowest BCUT2D eigenvalue weighted by Crippen LogP contribution is -2.33. The van der Waals surface area contributed by atoms with Crippen LogP contribution in [0.3, 0.4) is 0 Å². The Morgan fingerprint density at radius 2 is 1.48 bits per heavy atom. The van der Waals surface area contributed by atoms with E-state index >= 15 is 0 Å². The number of hydrogen-bond donors (Lipinski definition) is 1. The van der Waals surface area contributed by atoms with Gasteiger partial charge in [0.25, 0.3) is 5.69 Å². The molecule has 1 saturated heterocycles. The number of non-ortho nitro benzene ring substituents is 1. The number of anilines is 1. The lowest BCUT2D eigenvalue weighted by Gasteiger charge is -2.07. The van der Waals surface area contributed by atoms with Crippen LogP contribution in [0.15, 0.2) is 84.9 Å². The van der Waals surface area contributed by atoms with Gasteiger partial charge in [0.2, 0.25) is 0 Å². The van der Waals surface area contributed by atoms with Gasteiger partial charge >= 0.3 is 12.1 Å². The van der Waals surface area contributed by atoms with Crippen LogP contribution in [0.4, 0.5) is 21.0 Å². The van der Waals surface area contributed by atoms with Gasteiger partial charge in [-0.15, -0.1) is 10.3 Å². The van der Waals surface area contributed by atoms with Gasteiger partial charge < -0.3 is 0 Å². The molecule has 8 heteroatoms. The summed E-state index contributed by atoms with van der Waals surface area (Å²) in [6.45, 7) is 0. The van der Waals surface area contributed by atoms with Gasteiger partial charge in [-0.25, -0.2) is 4.79 Å². The van der Waals surface area contributed by atoms with Crippen molar-refractivity contribution in [3.05, 3.63) is 106 Å². The molecule has 142 valence electrons. The number of hydrazine groups is 1. The van der Waals surface area contributed by atoms with Crippen molar-refractivity contribution in [1.82, 2.24) is 5.43 Å². The van der Waals surface area contributed by atoms with E-state index in [1.54, 1.807) is 60.7 Å². The molecule has 0 bridgehead atoms. The first-order valence-electron chi connectivity index (χ1n) is 8.73. The molecule has 1 fully saturated rings. The van der Waals surface area contributed by atoms with E-state index in [4.69, 9.17) is 0 Å². The van der Waals surface area contributed by atoms with E-state index in [1.807, 2.05) is 6.07 Å². The predicted octanol–water partition coefficient (Wildman–Crippen LogP) is 3.71.